The Hall–Kier alpha value is -1.23. The topological polar surface area (TPSA) is 43.8 Å². The van der Waals surface area contributed by atoms with Gasteiger partial charge in [-0.25, -0.2) is 4.98 Å². The second kappa shape index (κ2) is 5.20. The highest BCUT2D eigenvalue weighted by atomic mass is 79.9. The number of anilines is 1. The van der Waals surface area contributed by atoms with Gasteiger partial charge in [0.2, 0.25) is 5.95 Å². The highest BCUT2D eigenvalue weighted by molar-refractivity contribution is 9.10. The van der Waals surface area contributed by atoms with Crippen LogP contribution in [0.3, 0.4) is 0 Å². The summed E-state index contributed by atoms with van der Waals surface area (Å²) < 4.78 is 2.97. The Labute approximate surface area is 140 Å². The molecule has 0 aliphatic heterocycles. The monoisotopic (exact) mass is 383 g/mol. The van der Waals surface area contributed by atoms with Gasteiger partial charge < -0.3 is 5.73 Å². The van der Waals surface area contributed by atoms with Crippen LogP contribution >= 0.6 is 39.1 Å². The number of aryl methyl sites for hydroxylation is 2. The normalized spacial score (nSPS) is 11.3. The first-order valence-electron chi connectivity index (χ1n) is 6.28. The summed E-state index contributed by atoms with van der Waals surface area (Å²) in [5.41, 5.74) is 10.8. The first-order chi connectivity index (χ1) is 9.88. The smallest absolute Gasteiger partial charge is 0.205 e. The van der Waals surface area contributed by atoms with E-state index in [2.05, 4.69) is 33.0 Å². The van der Waals surface area contributed by atoms with Crippen molar-refractivity contribution in [1.29, 1.82) is 0 Å². The van der Waals surface area contributed by atoms with Gasteiger partial charge in [-0.2, -0.15) is 0 Å². The van der Waals surface area contributed by atoms with E-state index in [9.17, 15) is 0 Å². The quantitative estimate of drug-likeness (QED) is 0.619. The van der Waals surface area contributed by atoms with Crippen LogP contribution < -0.4 is 5.73 Å². The van der Waals surface area contributed by atoms with Gasteiger partial charge in [0.15, 0.2) is 0 Å². The van der Waals surface area contributed by atoms with Crippen molar-refractivity contribution in [2.75, 3.05) is 5.73 Å². The Morgan fingerprint density at radius 2 is 1.62 bits per heavy atom. The number of fused-ring (bicyclic) bond motifs is 1. The Morgan fingerprint density at radius 3 is 2.24 bits per heavy atom. The maximum absolute atomic E-state index is 6.12. The SMILES string of the molecule is Cc1cc(-n2c(N)nc3cc(Cl)c(Cl)cc32)cc(C)c1Br. The molecule has 1 aromatic heterocycles. The molecule has 2 N–H and O–H groups in total. The van der Waals surface area contributed by atoms with E-state index in [0.717, 1.165) is 32.3 Å². The van der Waals surface area contributed by atoms with Crippen molar-refractivity contribution in [2.45, 2.75) is 13.8 Å². The van der Waals surface area contributed by atoms with Crippen LogP contribution in [0.15, 0.2) is 28.7 Å². The first kappa shape index (κ1) is 14.7. The van der Waals surface area contributed by atoms with Gasteiger partial charge in [0.1, 0.15) is 0 Å². The van der Waals surface area contributed by atoms with Gasteiger partial charge in [0.05, 0.1) is 21.1 Å². The third-order valence-electron chi connectivity index (χ3n) is 3.40. The molecule has 2 aromatic carbocycles. The number of rotatable bonds is 1. The van der Waals surface area contributed by atoms with Crippen molar-refractivity contribution in [3.63, 3.8) is 0 Å². The maximum atomic E-state index is 6.12. The number of hydrogen-bond donors (Lipinski definition) is 1. The van der Waals surface area contributed by atoms with Crippen molar-refractivity contribution in [2.24, 2.45) is 0 Å². The summed E-state index contributed by atoms with van der Waals surface area (Å²) in [5.74, 6) is 0.407. The molecule has 21 heavy (non-hydrogen) atoms. The van der Waals surface area contributed by atoms with E-state index in [4.69, 9.17) is 28.9 Å². The summed E-state index contributed by atoms with van der Waals surface area (Å²) in [5, 5.41) is 0.952. The van der Waals surface area contributed by atoms with E-state index in [-0.39, 0.29) is 0 Å². The Morgan fingerprint density at radius 1 is 1.05 bits per heavy atom. The minimum Gasteiger partial charge on any atom is -0.369 e. The van der Waals surface area contributed by atoms with Gasteiger partial charge in [-0.1, -0.05) is 39.1 Å². The van der Waals surface area contributed by atoms with E-state index >= 15 is 0 Å². The van der Waals surface area contributed by atoms with E-state index in [1.165, 1.54) is 0 Å². The summed E-state index contributed by atoms with van der Waals surface area (Å²) in [4.78, 5) is 4.36. The largest absolute Gasteiger partial charge is 0.369 e. The molecule has 0 saturated heterocycles. The highest BCUT2D eigenvalue weighted by Gasteiger charge is 2.14. The van der Waals surface area contributed by atoms with Crippen molar-refractivity contribution < 1.29 is 0 Å². The fourth-order valence-corrected chi connectivity index (χ4v) is 2.96. The lowest BCUT2D eigenvalue weighted by Gasteiger charge is -2.11. The predicted molar refractivity (Wildman–Crippen MR) is 92.7 cm³/mol. The summed E-state index contributed by atoms with van der Waals surface area (Å²) in [6, 6.07) is 7.62. The minimum absolute atomic E-state index is 0.407. The van der Waals surface area contributed by atoms with Crippen LogP contribution in [0.5, 0.6) is 0 Å². The fourth-order valence-electron chi connectivity index (χ4n) is 2.41. The molecule has 108 valence electrons. The molecule has 1 heterocycles. The molecule has 0 saturated carbocycles. The van der Waals surface area contributed by atoms with Crippen LogP contribution in [0.2, 0.25) is 10.0 Å². The molecule has 3 rings (SSSR count). The first-order valence-corrected chi connectivity index (χ1v) is 7.83. The van der Waals surface area contributed by atoms with Crippen molar-refractivity contribution in [1.82, 2.24) is 9.55 Å². The molecule has 0 aliphatic rings. The number of benzene rings is 2. The van der Waals surface area contributed by atoms with Crippen molar-refractivity contribution in [3.8, 4) is 5.69 Å². The third kappa shape index (κ3) is 2.41. The van der Waals surface area contributed by atoms with Gasteiger partial charge in [-0.3, -0.25) is 4.57 Å². The zero-order valence-electron chi connectivity index (χ0n) is 11.4. The molecule has 0 amide bonds. The molecule has 0 spiro atoms. The van der Waals surface area contributed by atoms with Crippen molar-refractivity contribution >= 4 is 56.1 Å². The number of nitrogen functional groups attached to an aromatic ring is 1. The standard InChI is InChI=1S/C15H12BrCl2N3/c1-7-3-9(4-8(2)14(7)16)21-13-6-11(18)10(17)5-12(13)20-15(21)19/h3-6H,1-2H3,(H2,19,20). The number of halogens is 3. The van der Waals surface area contributed by atoms with Gasteiger partial charge in [0.25, 0.3) is 0 Å². The molecule has 0 fully saturated rings. The lowest BCUT2D eigenvalue weighted by Crippen LogP contribution is -2.01. The number of imidazole rings is 1. The fraction of sp³-hybridized carbons (Fsp3) is 0.133. The average Bonchev–Trinajstić information content (AvgIpc) is 2.71. The summed E-state index contributed by atoms with van der Waals surface area (Å²) in [6.07, 6.45) is 0. The van der Waals surface area contributed by atoms with Gasteiger partial charge >= 0.3 is 0 Å². The second-order valence-corrected chi connectivity index (χ2v) is 6.56. The number of nitrogens with zero attached hydrogens (tertiary/aromatic N) is 2. The van der Waals surface area contributed by atoms with E-state index in [1.807, 2.05) is 18.4 Å². The predicted octanol–water partition coefficient (Wildman–Crippen LogP) is 5.29. The van der Waals surface area contributed by atoms with Gasteiger partial charge in [0, 0.05) is 10.2 Å². The molecule has 3 nitrogen and oxygen atoms in total. The molecule has 0 bridgehead atoms. The number of nitrogens with two attached hydrogens (primary N) is 1. The lowest BCUT2D eigenvalue weighted by atomic mass is 10.1. The van der Waals surface area contributed by atoms with Crippen LogP contribution in [0.1, 0.15) is 11.1 Å². The molecular formula is C15H12BrCl2N3. The van der Waals surface area contributed by atoms with E-state index in [1.54, 1.807) is 12.1 Å². The van der Waals surface area contributed by atoms with Crippen LogP contribution in [0.25, 0.3) is 16.7 Å². The highest BCUT2D eigenvalue weighted by Crippen LogP contribution is 2.32. The molecular weight excluding hydrogens is 373 g/mol. The van der Waals surface area contributed by atoms with Crippen molar-refractivity contribution in [3.05, 3.63) is 49.9 Å². The lowest BCUT2D eigenvalue weighted by molar-refractivity contribution is 1.10. The molecule has 0 aliphatic carbocycles. The zero-order chi connectivity index (χ0) is 15.3. The summed E-state index contributed by atoms with van der Waals surface area (Å²) in [7, 11) is 0. The number of aromatic nitrogens is 2. The Balaban J connectivity index is 2.34. The molecule has 3 aromatic rings. The summed E-state index contributed by atoms with van der Waals surface area (Å²) in [6.45, 7) is 4.08. The Kier molecular flexibility index (Phi) is 3.64. The third-order valence-corrected chi connectivity index (χ3v) is 5.37. The molecule has 0 radical (unpaired) electrons. The maximum Gasteiger partial charge on any atom is 0.205 e. The Bertz CT molecular complexity index is 848. The van der Waals surface area contributed by atoms with E-state index < -0.39 is 0 Å². The summed E-state index contributed by atoms with van der Waals surface area (Å²) >= 11 is 15.7. The van der Waals surface area contributed by atoms with Crippen LogP contribution in [0, 0.1) is 13.8 Å². The van der Waals surface area contributed by atoms with E-state index in [0.29, 0.717) is 16.0 Å². The van der Waals surface area contributed by atoms with Crippen LogP contribution in [-0.2, 0) is 0 Å². The minimum atomic E-state index is 0.407. The molecule has 0 unspecified atom stereocenters. The molecule has 6 heteroatoms. The molecule has 0 atom stereocenters. The van der Waals surface area contributed by atoms with Crippen LogP contribution in [0.4, 0.5) is 5.95 Å². The van der Waals surface area contributed by atoms with Crippen LogP contribution in [-0.4, -0.2) is 9.55 Å². The van der Waals surface area contributed by atoms with Gasteiger partial charge in [-0.15, -0.1) is 0 Å². The zero-order valence-corrected chi connectivity index (χ0v) is 14.5. The second-order valence-electron chi connectivity index (χ2n) is 4.95. The average molecular weight is 385 g/mol. The van der Waals surface area contributed by atoms with Gasteiger partial charge in [-0.05, 0) is 49.2 Å². The number of hydrogen-bond acceptors (Lipinski definition) is 2.